The molecule has 0 aliphatic carbocycles. The first-order chi connectivity index (χ1) is 8.06. The molecule has 1 aromatic carbocycles. The van der Waals surface area contributed by atoms with Crippen LogP contribution in [-0.2, 0) is 0 Å². The van der Waals surface area contributed by atoms with Crippen LogP contribution in [0.5, 0.6) is 5.75 Å². The third-order valence-electron chi connectivity index (χ3n) is 1.92. The van der Waals surface area contributed by atoms with Crippen molar-refractivity contribution in [2.24, 2.45) is 0 Å². The van der Waals surface area contributed by atoms with E-state index >= 15 is 0 Å². The maximum absolute atomic E-state index is 12.2. The van der Waals surface area contributed by atoms with Gasteiger partial charge in [0.15, 0.2) is 5.82 Å². The molecule has 0 unspecified atom stereocenters. The van der Waals surface area contributed by atoms with Crippen molar-refractivity contribution < 1.29 is 17.9 Å². The standard InChI is InChI=1S/C11H7F3N2O/c12-11(13,14)17-9-5-2-1-4-8(9)10-15-6-3-7-16-10/h1-7H. The minimum absolute atomic E-state index is 0.187. The summed E-state index contributed by atoms with van der Waals surface area (Å²) in [5.74, 6) is -0.126. The normalized spacial score (nSPS) is 11.2. The molecule has 0 fully saturated rings. The Balaban J connectivity index is 2.41. The van der Waals surface area contributed by atoms with E-state index < -0.39 is 6.36 Å². The lowest BCUT2D eigenvalue weighted by Gasteiger charge is -2.11. The molecule has 3 nitrogen and oxygen atoms in total. The van der Waals surface area contributed by atoms with E-state index in [4.69, 9.17) is 0 Å². The van der Waals surface area contributed by atoms with Crippen LogP contribution < -0.4 is 4.74 Å². The van der Waals surface area contributed by atoms with Crippen LogP contribution in [0.15, 0.2) is 42.7 Å². The summed E-state index contributed by atoms with van der Waals surface area (Å²) in [6, 6.07) is 7.31. The van der Waals surface area contributed by atoms with Crippen LogP contribution in [0.3, 0.4) is 0 Å². The van der Waals surface area contributed by atoms with Crippen LogP contribution in [-0.4, -0.2) is 16.3 Å². The predicted octanol–water partition coefficient (Wildman–Crippen LogP) is 3.04. The summed E-state index contributed by atoms with van der Waals surface area (Å²) in [6.45, 7) is 0. The molecular formula is C11H7F3N2O. The first-order valence-electron chi connectivity index (χ1n) is 4.68. The molecule has 88 valence electrons. The summed E-state index contributed by atoms with van der Waals surface area (Å²) in [5, 5.41) is 0. The highest BCUT2D eigenvalue weighted by atomic mass is 19.4. The second-order valence-corrected chi connectivity index (χ2v) is 3.12. The second kappa shape index (κ2) is 4.40. The molecule has 17 heavy (non-hydrogen) atoms. The lowest BCUT2D eigenvalue weighted by atomic mass is 10.2. The Kier molecular flexibility index (Phi) is 2.95. The number of halogens is 3. The van der Waals surface area contributed by atoms with Gasteiger partial charge in [-0.2, -0.15) is 0 Å². The van der Waals surface area contributed by atoms with Gasteiger partial charge in [-0.05, 0) is 18.2 Å². The molecule has 1 aromatic heterocycles. The molecule has 2 rings (SSSR count). The summed E-state index contributed by atoms with van der Waals surface area (Å²) < 4.78 is 40.4. The fraction of sp³-hybridized carbons (Fsp3) is 0.0909. The molecule has 0 atom stereocenters. The number of alkyl halides is 3. The van der Waals surface area contributed by atoms with Gasteiger partial charge in [0, 0.05) is 12.4 Å². The molecule has 0 aliphatic rings. The molecule has 6 heteroatoms. The number of ether oxygens (including phenoxy) is 1. The number of hydrogen-bond donors (Lipinski definition) is 0. The van der Waals surface area contributed by atoms with Gasteiger partial charge in [0.05, 0.1) is 5.56 Å². The Morgan fingerprint density at radius 2 is 1.59 bits per heavy atom. The van der Waals surface area contributed by atoms with Gasteiger partial charge in [0.25, 0.3) is 0 Å². The van der Waals surface area contributed by atoms with Crippen LogP contribution >= 0.6 is 0 Å². The van der Waals surface area contributed by atoms with Crippen molar-refractivity contribution in [1.82, 2.24) is 9.97 Å². The summed E-state index contributed by atoms with van der Waals surface area (Å²) in [6.07, 6.45) is -1.83. The molecule has 0 N–H and O–H groups in total. The van der Waals surface area contributed by atoms with E-state index in [0.717, 1.165) is 0 Å². The highest BCUT2D eigenvalue weighted by molar-refractivity contribution is 5.63. The van der Waals surface area contributed by atoms with Crippen molar-refractivity contribution in [3.05, 3.63) is 42.7 Å². The molecule has 1 heterocycles. The molecule has 0 saturated heterocycles. The van der Waals surface area contributed by atoms with Crippen molar-refractivity contribution in [2.45, 2.75) is 6.36 Å². The minimum Gasteiger partial charge on any atom is -0.405 e. The Bertz CT molecular complexity index is 500. The zero-order chi connectivity index (χ0) is 12.3. The highest BCUT2D eigenvalue weighted by Gasteiger charge is 2.32. The molecule has 0 spiro atoms. The molecule has 0 saturated carbocycles. The van der Waals surface area contributed by atoms with Crippen molar-refractivity contribution >= 4 is 0 Å². The SMILES string of the molecule is FC(F)(F)Oc1ccccc1-c1ncccn1. The Morgan fingerprint density at radius 3 is 2.24 bits per heavy atom. The summed E-state index contributed by atoms with van der Waals surface area (Å²) in [7, 11) is 0. The Morgan fingerprint density at radius 1 is 0.941 bits per heavy atom. The van der Waals surface area contributed by atoms with Crippen LogP contribution in [0.25, 0.3) is 11.4 Å². The van der Waals surface area contributed by atoms with Gasteiger partial charge in [0.1, 0.15) is 5.75 Å². The smallest absolute Gasteiger partial charge is 0.405 e. The first kappa shape index (κ1) is 11.4. The fourth-order valence-corrected chi connectivity index (χ4v) is 1.30. The quantitative estimate of drug-likeness (QED) is 0.809. The Labute approximate surface area is 94.9 Å². The zero-order valence-electron chi connectivity index (χ0n) is 8.48. The summed E-state index contributed by atoms with van der Waals surface area (Å²) in [5.41, 5.74) is 0.199. The van der Waals surface area contributed by atoms with Crippen LogP contribution in [0.4, 0.5) is 13.2 Å². The van der Waals surface area contributed by atoms with Gasteiger partial charge < -0.3 is 4.74 Å². The fourth-order valence-electron chi connectivity index (χ4n) is 1.30. The second-order valence-electron chi connectivity index (χ2n) is 3.12. The van der Waals surface area contributed by atoms with Gasteiger partial charge in [-0.25, -0.2) is 9.97 Å². The lowest BCUT2D eigenvalue weighted by Crippen LogP contribution is -2.17. The molecule has 0 radical (unpaired) electrons. The number of rotatable bonds is 2. The van der Waals surface area contributed by atoms with E-state index in [2.05, 4.69) is 14.7 Å². The molecule has 2 aromatic rings. The van der Waals surface area contributed by atoms with Gasteiger partial charge >= 0.3 is 6.36 Å². The first-order valence-corrected chi connectivity index (χ1v) is 4.68. The van der Waals surface area contributed by atoms with E-state index in [1.807, 2.05) is 0 Å². The van der Waals surface area contributed by atoms with Gasteiger partial charge in [-0.3, -0.25) is 0 Å². The van der Waals surface area contributed by atoms with Crippen molar-refractivity contribution in [2.75, 3.05) is 0 Å². The number of hydrogen-bond acceptors (Lipinski definition) is 3. The van der Waals surface area contributed by atoms with Crippen molar-refractivity contribution in [1.29, 1.82) is 0 Å². The van der Waals surface area contributed by atoms with Crippen LogP contribution in [0, 0.1) is 0 Å². The van der Waals surface area contributed by atoms with E-state index in [-0.39, 0.29) is 17.1 Å². The average molecular weight is 240 g/mol. The van der Waals surface area contributed by atoms with Gasteiger partial charge in [0.2, 0.25) is 0 Å². The summed E-state index contributed by atoms with van der Waals surface area (Å²) >= 11 is 0. The number of para-hydroxylation sites is 1. The van der Waals surface area contributed by atoms with Crippen molar-refractivity contribution in [3.8, 4) is 17.1 Å². The van der Waals surface area contributed by atoms with Gasteiger partial charge in [-0.1, -0.05) is 12.1 Å². The van der Waals surface area contributed by atoms with E-state index in [1.165, 1.54) is 30.6 Å². The Hall–Kier alpha value is -2.11. The molecular weight excluding hydrogens is 233 g/mol. The minimum atomic E-state index is -4.73. The predicted molar refractivity (Wildman–Crippen MR) is 54.2 cm³/mol. The maximum atomic E-state index is 12.2. The van der Waals surface area contributed by atoms with E-state index in [1.54, 1.807) is 12.1 Å². The summed E-state index contributed by atoms with van der Waals surface area (Å²) in [4.78, 5) is 7.76. The largest absolute Gasteiger partial charge is 0.573 e. The maximum Gasteiger partial charge on any atom is 0.573 e. The highest BCUT2D eigenvalue weighted by Crippen LogP contribution is 2.31. The molecule has 0 aliphatic heterocycles. The molecule has 0 amide bonds. The monoisotopic (exact) mass is 240 g/mol. The average Bonchev–Trinajstić information content (AvgIpc) is 2.29. The number of aromatic nitrogens is 2. The van der Waals surface area contributed by atoms with Gasteiger partial charge in [-0.15, -0.1) is 13.2 Å². The number of nitrogens with zero attached hydrogens (tertiary/aromatic N) is 2. The number of benzene rings is 1. The third-order valence-corrected chi connectivity index (χ3v) is 1.92. The van der Waals surface area contributed by atoms with Crippen LogP contribution in [0.2, 0.25) is 0 Å². The topological polar surface area (TPSA) is 35.0 Å². The lowest BCUT2D eigenvalue weighted by molar-refractivity contribution is -0.274. The third kappa shape index (κ3) is 2.93. The zero-order valence-corrected chi connectivity index (χ0v) is 8.48. The van der Waals surface area contributed by atoms with Crippen LogP contribution in [0.1, 0.15) is 0 Å². The molecule has 0 bridgehead atoms. The van der Waals surface area contributed by atoms with E-state index in [9.17, 15) is 13.2 Å². The van der Waals surface area contributed by atoms with E-state index in [0.29, 0.717) is 0 Å². The van der Waals surface area contributed by atoms with Crippen molar-refractivity contribution in [3.63, 3.8) is 0 Å².